The van der Waals surface area contributed by atoms with E-state index in [1.807, 2.05) is 32.2 Å². The highest BCUT2D eigenvalue weighted by Crippen LogP contribution is 2.46. The Morgan fingerprint density at radius 2 is 1.69 bits per heavy atom. The number of anilines is 1. The van der Waals surface area contributed by atoms with Crippen molar-refractivity contribution in [2.75, 3.05) is 19.1 Å². The molecule has 8 heteroatoms. The highest BCUT2D eigenvalue weighted by molar-refractivity contribution is 7.10. The summed E-state index contributed by atoms with van der Waals surface area (Å²) in [6, 6.07) is 13.0. The lowest BCUT2D eigenvalue weighted by Gasteiger charge is -2.25. The lowest BCUT2D eigenvalue weighted by atomic mass is 9.98. The summed E-state index contributed by atoms with van der Waals surface area (Å²) in [5.74, 6) is -0.142. The Morgan fingerprint density at radius 1 is 1.00 bits per heavy atom. The molecule has 1 aromatic heterocycles. The van der Waals surface area contributed by atoms with Crippen LogP contribution in [0.2, 0.25) is 0 Å². The highest BCUT2D eigenvalue weighted by atomic mass is 32.1. The number of ether oxygens (including phenoxy) is 3. The molecule has 1 fully saturated rings. The number of amides is 1. The average molecular weight is 494 g/mol. The maximum atomic E-state index is 13.3. The van der Waals surface area contributed by atoms with E-state index in [0.717, 1.165) is 10.4 Å². The number of ketones is 1. The summed E-state index contributed by atoms with van der Waals surface area (Å²) < 4.78 is 16.4. The summed E-state index contributed by atoms with van der Waals surface area (Å²) in [4.78, 5) is 28.9. The maximum Gasteiger partial charge on any atom is 0.300 e. The van der Waals surface area contributed by atoms with E-state index in [4.69, 9.17) is 14.2 Å². The third kappa shape index (κ3) is 4.49. The van der Waals surface area contributed by atoms with E-state index in [-0.39, 0.29) is 17.4 Å². The van der Waals surface area contributed by atoms with E-state index in [2.05, 4.69) is 0 Å². The number of carbonyl (C=O) groups is 2. The van der Waals surface area contributed by atoms with Gasteiger partial charge in [0.1, 0.15) is 17.6 Å². The number of aryl methyl sites for hydroxylation is 1. The average Bonchev–Trinajstić information content (AvgIpc) is 3.38. The van der Waals surface area contributed by atoms with E-state index >= 15 is 0 Å². The topological polar surface area (TPSA) is 85.3 Å². The fraction of sp³-hybridized carbons (Fsp3) is 0.259. The molecule has 2 aromatic carbocycles. The fourth-order valence-corrected chi connectivity index (χ4v) is 5.13. The summed E-state index contributed by atoms with van der Waals surface area (Å²) in [6.07, 6.45) is 0.00284. The molecule has 2 heterocycles. The largest absolute Gasteiger partial charge is 0.507 e. The van der Waals surface area contributed by atoms with Gasteiger partial charge in [0.2, 0.25) is 0 Å². The van der Waals surface area contributed by atoms with Gasteiger partial charge in [-0.2, -0.15) is 0 Å². The molecule has 35 heavy (non-hydrogen) atoms. The predicted octanol–water partition coefficient (Wildman–Crippen LogP) is 5.49. The van der Waals surface area contributed by atoms with Crippen LogP contribution in [-0.4, -0.2) is 37.1 Å². The fourth-order valence-electron chi connectivity index (χ4n) is 4.11. The van der Waals surface area contributed by atoms with E-state index in [1.54, 1.807) is 42.5 Å². The van der Waals surface area contributed by atoms with Crippen LogP contribution >= 0.6 is 11.3 Å². The van der Waals surface area contributed by atoms with Gasteiger partial charge in [0.25, 0.3) is 11.7 Å². The van der Waals surface area contributed by atoms with Crippen LogP contribution in [0.15, 0.2) is 59.5 Å². The van der Waals surface area contributed by atoms with Gasteiger partial charge in [0.15, 0.2) is 11.5 Å². The molecule has 1 aliphatic heterocycles. The molecule has 1 atom stereocenters. The molecule has 1 unspecified atom stereocenters. The molecule has 1 N–H and O–H groups in total. The van der Waals surface area contributed by atoms with Gasteiger partial charge in [0, 0.05) is 22.2 Å². The minimum Gasteiger partial charge on any atom is -0.507 e. The Kier molecular flexibility index (Phi) is 6.84. The summed E-state index contributed by atoms with van der Waals surface area (Å²) in [6.45, 7) is 5.76. The van der Waals surface area contributed by atoms with Crippen molar-refractivity contribution in [3.05, 3.63) is 75.5 Å². The molecule has 0 aliphatic carbocycles. The number of hydrogen-bond donors (Lipinski definition) is 1. The van der Waals surface area contributed by atoms with Gasteiger partial charge in [0.05, 0.1) is 25.9 Å². The highest BCUT2D eigenvalue weighted by Gasteiger charge is 2.48. The van der Waals surface area contributed by atoms with Crippen LogP contribution in [0.3, 0.4) is 0 Å². The molecule has 0 radical (unpaired) electrons. The zero-order chi connectivity index (χ0) is 25.3. The van der Waals surface area contributed by atoms with E-state index in [1.165, 1.54) is 30.5 Å². The van der Waals surface area contributed by atoms with Gasteiger partial charge >= 0.3 is 0 Å². The first-order chi connectivity index (χ1) is 16.8. The second-order valence-electron chi connectivity index (χ2n) is 8.37. The number of aliphatic hydroxyl groups is 1. The maximum absolute atomic E-state index is 13.3. The van der Waals surface area contributed by atoms with E-state index in [0.29, 0.717) is 28.5 Å². The van der Waals surface area contributed by atoms with Gasteiger partial charge in [-0.3, -0.25) is 14.5 Å². The molecule has 182 valence electrons. The molecule has 0 saturated carbocycles. The third-order valence-corrected chi connectivity index (χ3v) is 6.81. The number of Topliss-reactive ketones (excluding diaryl/α,β-unsaturated/α-hetero) is 1. The van der Waals surface area contributed by atoms with Crippen LogP contribution in [0, 0.1) is 6.92 Å². The molecule has 0 spiro atoms. The zero-order valence-corrected chi connectivity index (χ0v) is 21.0. The van der Waals surface area contributed by atoms with Crippen molar-refractivity contribution >= 4 is 34.5 Å². The Morgan fingerprint density at radius 3 is 2.26 bits per heavy atom. The van der Waals surface area contributed by atoms with Gasteiger partial charge in [-0.25, -0.2) is 0 Å². The van der Waals surface area contributed by atoms with Crippen molar-refractivity contribution in [1.82, 2.24) is 0 Å². The van der Waals surface area contributed by atoms with Crippen molar-refractivity contribution in [2.45, 2.75) is 32.9 Å². The Hall–Kier alpha value is -3.78. The van der Waals surface area contributed by atoms with Crippen LogP contribution in [-0.2, 0) is 9.59 Å². The summed E-state index contributed by atoms with van der Waals surface area (Å²) in [7, 11) is 3.03. The SMILES string of the molecule is COc1ccc(N2C(=O)C(=O)/C(=C(\O)c3ccc(OC(C)C)cc3)C2c2sccc2C)cc1OC. The van der Waals surface area contributed by atoms with Gasteiger partial charge < -0.3 is 19.3 Å². The lowest BCUT2D eigenvalue weighted by molar-refractivity contribution is -0.132. The molecular weight excluding hydrogens is 466 g/mol. The van der Waals surface area contributed by atoms with E-state index in [9.17, 15) is 14.7 Å². The molecule has 4 rings (SSSR count). The number of benzene rings is 2. The number of nitrogens with zero attached hydrogens (tertiary/aromatic N) is 1. The number of carbonyl (C=O) groups excluding carboxylic acids is 2. The summed E-state index contributed by atoms with van der Waals surface area (Å²) in [5.41, 5.74) is 1.83. The van der Waals surface area contributed by atoms with Crippen LogP contribution in [0.1, 0.15) is 35.9 Å². The summed E-state index contributed by atoms with van der Waals surface area (Å²) in [5, 5.41) is 13.2. The quantitative estimate of drug-likeness (QED) is 0.266. The predicted molar refractivity (Wildman–Crippen MR) is 136 cm³/mol. The van der Waals surface area contributed by atoms with Crippen molar-refractivity contribution in [1.29, 1.82) is 0 Å². The zero-order valence-electron chi connectivity index (χ0n) is 20.2. The molecule has 1 saturated heterocycles. The van der Waals surface area contributed by atoms with Crippen molar-refractivity contribution in [3.8, 4) is 17.2 Å². The van der Waals surface area contributed by atoms with Gasteiger partial charge in [-0.15, -0.1) is 11.3 Å². The lowest BCUT2D eigenvalue weighted by Crippen LogP contribution is -2.29. The Balaban J connectivity index is 1.87. The first-order valence-electron chi connectivity index (χ1n) is 11.1. The van der Waals surface area contributed by atoms with Crippen LogP contribution in [0.5, 0.6) is 17.2 Å². The van der Waals surface area contributed by atoms with Gasteiger partial charge in [-0.05, 0) is 74.2 Å². The van der Waals surface area contributed by atoms with E-state index < -0.39 is 17.7 Å². The number of aliphatic hydroxyl groups excluding tert-OH is 1. The van der Waals surface area contributed by atoms with Crippen LogP contribution in [0.25, 0.3) is 5.76 Å². The molecule has 0 bridgehead atoms. The molecular formula is C27H27NO6S. The Labute approximate surface area is 208 Å². The second kappa shape index (κ2) is 9.84. The standard InChI is InChI=1S/C27H27NO6S/c1-15(2)34-19-9-6-17(7-10-19)24(29)22-23(26-16(3)12-13-35-26)28(27(31)25(22)30)18-8-11-20(32-4)21(14-18)33-5/h6-15,23,29H,1-5H3/b24-22-. The molecule has 1 aliphatic rings. The van der Waals surface area contributed by atoms with Crippen LogP contribution in [0.4, 0.5) is 5.69 Å². The summed E-state index contributed by atoms with van der Waals surface area (Å²) >= 11 is 1.43. The van der Waals surface area contributed by atoms with Gasteiger partial charge in [-0.1, -0.05) is 0 Å². The molecule has 1 amide bonds. The van der Waals surface area contributed by atoms with Crippen molar-refractivity contribution < 1.29 is 28.9 Å². The minimum absolute atomic E-state index is 0.00284. The normalized spacial score (nSPS) is 17.2. The second-order valence-corrected chi connectivity index (χ2v) is 9.31. The minimum atomic E-state index is -0.792. The number of thiophene rings is 1. The third-order valence-electron chi connectivity index (χ3n) is 5.74. The van der Waals surface area contributed by atoms with Crippen LogP contribution < -0.4 is 19.1 Å². The Bertz CT molecular complexity index is 1290. The van der Waals surface area contributed by atoms with Crippen molar-refractivity contribution in [2.24, 2.45) is 0 Å². The first kappa shape index (κ1) is 24.3. The molecule has 3 aromatic rings. The van der Waals surface area contributed by atoms with Crippen molar-refractivity contribution in [3.63, 3.8) is 0 Å². The first-order valence-corrected chi connectivity index (χ1v) is 12.0. The smallest absolute Gasteiger partial charge is 0.300 e. The number of methoxy groups -OCH3 is 2. The monoisotopic (exact) mass is 493 g/mol. The number of rotatable bonds is 7. The number of hydrogen-bond acceptors (Lipinski definition) is 7. The molecule has 7 nitrogen and oxygen atoms in total.